The summed E-state index contributed by atoms with van der Waals surface area (Å²) in [6.07, 6.45) is 7.31. The molecule has 14 heavy (non-hydrogen) atoms. The van der Waals surface area contributed by atoms with Crippen LogP contribution in [0.3, 0.4) is 0 Å². The Bertz CT molecular complexity index is 421. The minimum Gasteiger partial charge on any atom is -0.335 e. The Morgan fingerprint density at radius 2 is 2.29 bits per heavy atom. The number of imidazole rings is 1. The van der Waals surface area contributed by atoms with E-state index < -0.39 is 10.0 Å². The molecule has 0 saturated carbocycles. The van der Waals surface area contributed by atoms with Crippen molar-refractivity contribution in [1.82, 2.24) is 14.3 Å². The maximum atomic E-state index is 11.9. The van der Waals surface area contributed by atoms with Gasteiger partial charge < -0.3 is 4.98 Å². The first-order valence-electron chi connectivity index (χ1n) is 4.35. The van der Waals surface area contributed by atoms with Gasteiger partial charge in [0, 0.05) is 13.1 Å². The van der Waals surface area contributed by atoms with Crippen LogP contribution in [0.25, 0.3) is 0 Å². The molecular weight excluding hydrogens is 202 g/mol. The minimum absolute atomic E-state index is 0.160. The van der Waals surface area contributed by atoms with Gasteiger partial charge in [0.15, 0.2) is 5.03 Å². The summed E-state index contributed by atoms with van der Waals surface area (Å²) in [5, 5.41) is 0.160. The van der Waals surface area contributed by atoms with Gasteiger partial charge in [-0.2, -0.15) is 4.31 Å². The Balaban J connectivity index is 2.29. The second kappa shape index (κ2) is 3.55. The number of aromatic amines is 1. The SMILES string of the molecule is O=S(=O)(c1cnc[nH]1)N1CC=CCC1. The molecule has 0 unspecified atom stereocenters. The van der Waals surface area contributed by atoms with Gasteiger partial charge in [-0.3, -0.25) is 0 Å². The highest BCUT2D eigenvalue weighted by Crippen LogP contribution is 2.14. The molecule has 2 heterocycles. The zero-order chi connectivity index (χ0) is 10.0. The summed E-state index contributed by atoms with van der Waals surface area (Å²) in [6, 6.07) is 0. The molecule has 1 N–H and O–H groups in total. The molecular formula is C8H11N3O2S. The van der Waals surface area contributed by atoms with Gasteiger partial charge in [-0.15, -0.1) is 0 Å². The van der Waals surface area contributed by atoms with Gasteiger partial charge >= 0.3 is 0 Å². The molecule has 1 aliphatic rings. The second-order valence-corrected chi connectivity index (χ2v) is 4.95. The predicted molar refractivity (Wildman–Crippen MR) is 51.1 cm³/mol. The van der Waals surface area contributed by atoms with E-state index in [4.69, 9.17) is 0 Å². The highest BCUT2D eigenvalue weighted by molar-refractivity contribution is 7.89. The van der Waals surface area contributed by atoms with Gasteiger partial charge in [-0.05, 0) is 6.42 Å². The highest BCUT2D eigenvalue weighted by atomic mass is 32.2. The Hall–Kier alpha value is -1.14. The van der Waals surface area contributed by atoms with Crippen molar-refractivity contribution in [3.8, 4) is 0 Å². The van der Waals surface area contributed by atoms with Crippen LogP contribution in [0.5, 0.6) is 0 Å². The summed E-state index contributed by atoms with van der Waals surface area (Å²) < 4.78 is 25.2. The van der Waals surface area contributed by atoms with E-state index in [2.05, 4.69) is 9.97 Å². The molecule has 1 aromatic rings. The fraction of sp³-hybridized carbons (Fsp3) is 0.375. The largest absolute Gasteiger partial charge is 0.335 e. The zero-order valence-corrected chi connectivity index (χ0v) is 8.37. The first kappa shape index (κ1) is 9.42. The van der Waals surface area contributed by atoms with E-state index in [0.717, 1.165) is 6.42 Å². The van der Waals surface area contributed by atoms with E-state index in [1.54, 1.807) is 0 Å². The number of rotatable bonds is 2. The van der Waals surface area contributed by atoms with Gasteiger partial charge in [-0.1, -0.05) is 12.2 Å². The molecule has 0 spiro atoms. The van der Waals surface area contributed by atoms with Crippen LogP contribution in [0.1, 0.15) is 6.42 Å². The molecule has 0 aromatic carbocycles. The maximum Gasteiger partial charge on any atom is 0.260 e. The summed E-state index contributed by atoms with van der Waals surface area (Å²) in [6.45, 7) is 0.985. The fourth-order valence-electron chi connectivity index (χ4n) is 1.36. The van der Waals surface area contributed by atoms with Crippen LogP contribution in [-0.2, 0) is 10.0 Å². The number of sulfonamides is 1. The molecule has 6 heteroatoms. The van der Waals surface area contributed by atoms with Gasteiger partial charge in [0.1, 0.15) is 0 Å². The van der Waals surface area contributed by atoms with Crippen molar-refractivity contribution in [3.63, 3.8) is 0 Å². The predicted octanol–water partition coefficient (Wildman–Crippen LogP) is 0.360. The van der Waals surface area contributed by atoms with E-state index in [-0.39, 0.29) is 5.03 Å². The normalized spacial score (nSPS) is 18.6. The zero-order valence-electron chi connectivity index (χ0n) is 7.55. The van der Waals surface area contributed by atoms with Crippen molar-refractivity contribution < 1.29 is 8.42 Å². The summed E-state index contributed by atoms with van der Waals surface area (Å²) in [4.78, 5) is 6.31. The molecule has 0 fully saturated rings. The van der Waals surface area contributed by atoms with Crippen LogP contribution in [-0.4, -0.2) is 35.8 Å². The third kappa shape index (κ3) is 1.58. The fourth-order valence-corrected chi connectivity index (χ4v) is 2.66. The average Bonchev–Trinajstić information content (AvgIpc) is 2.72. The van der Waals surface area contributed by atoms with Crippen molar-refractivity contribution in [1.29, 1.82) is 0 Å². The van der Waals surface area contributed by atoms with Crippen LogP contribution in [0, 0.1) is 0 Å². The van der Waals surface area contributed by atoms with Crippen LogP contribution in [0.2, 0.25) is 0 Å². The number of nitrogens with zero attached hydrogens (tertiary/aromatic N) is 2. The van der Waals surface area contributed by atoms with Gasteiger partial charge in [0.05, 0.1) is 12.5 Å². The van der Waals surface area contributed by atoms with E-state index >= 15 is 0 Å². The van der Waals surface area contributed by atoms with E-state index in [1.165, 1.54) is 16.8 Å². The second-order valence-electron chi connectivity index (χ2n) is 3.04. The quantitative estimate of drug-likeness (QED) is 0.721. The first-order chi connectivity index (χ1) is 6.71. The lowest BCUT2D eigenvalue weighted by Gasteiger charge is -2.21. The van der Waals surface area contributed by atoms with Crippen molar-refractivity contribution in [2.24, 2.45) is 0 Å². The number of hydrogen-bond donors (Lipinski definition) is 1. The van der Waals surface area contributed by atoms with E-state index in [1.807, 2.05) is 12.2 Å². The molecule has 1 aromatic heterocycles. The standard InChI is InChI=1S/C8H11N3O2S/c12-14(13,8-6-9-7-10-8)11-4-2-1-3-5-11/h1-2,6-7H,3-5H2,(H,9,10). The van der Waals surface area contributed by atoms with Crippen molar-refractivity contribution >= 4 is 10.0 Å². The van der Waals surface area contributed by atoms with Gasteiger partial charge in [-0.25, -0.2) is 13.4 Å². The van der Waals surface area contributed by atoms with Crippen LogP contribution >= 0.6 is 0 Å². The summed E-state index contributed by atoms with van der Waals surface area (Å²) in [5.41, 5.74) is 0. The lowest BCUT2D eigenvalue weighted by atomic mass is 10.3. The molecule has 0 bridgehead atoms. The molecule has 1 aliphatic heterocycles. The average molecular weight is 213 g/mol. The van der Waals surface area contributed by atoms with Gasteiger partial charge in [0.2, 0.25) is 0 Å². The van der Waals surface area contributed by atoms with Crippen LogP contribution < -0.4 is 0 Å². The Labute approximate surface area is 82.5 Å². The molecule has 76 valence electrons. The van der Waals surface area contributed by atoms with E-state index in [0.29, 0.717) is 13.1 Å². The third-order valence-electron chi connectivity index (χ3n) is 2.11. The van der Waals surface area contributed by atoms with Crippen molar-refractivity contribution in [2.45, 2.75) is 11.4 Å². The van der Waals surface area contributed by atoms with Crippen molar-refractivity contribution in [3.05, 3.63) is 24.7 Å². The summed E-state index contributed by atoms with van der Waals surface area (Å²) in [5.74, 6) is 0. The lowest BCUT2D eigenvalue weighted by molar-refractivity contribution is 0.435. The minimum atomic E-state index is -3.35. The molecule has 0 amide bonds. The van der Waals surface area contributed by atoms with Crippen molar-refractivity contribution in [2.75, 3.05) is 13.1 Å². The van der Waals surface area contributed by atoms with Crippen LogP contribution in [0.15, 0.2) is 29.7 Å². The Morgan fingerprint density at radius 3 is 2.86 bits per heavy atom. The summed E-state index contributed by atoms with van der Waals surface area (Å²) >= 11 is 0. The Kier molecular flexibility index (Phi) is 2.39. The number of hydrogen-bond acceptors (Lipinski definition) is 3. The molecule has 0 saturated heterocycles. The molecule has 2 rings (SSSR count). The van der Waals surface area contributed by atoms with E-state index in [9.17, 15) is 8.42 Å². The molecule has 0 aliphatic carbocycles. The van der Waals surface area contributed by atoms with Gasteiger partial charge in [0.25, 0.3) is 10.0 Å². The Morgan fingerprint density at radius 1 is 1.43 bits per heavy atom. The third-order valence-corrected chi connectivity index (χ3v) is 3.90. The lowest BCUT2D eigenvalue weighted by Crippen LogP contribution is -2.33. The number of aromatic nitrogens is 2. The monoisotopic (exact) mass is 213 g/mol. The highest BCUT2D eigenvalue weighted by Gasteiger charge is 2.25. The number of nitrogens with one attached hydrogen (secondary N) is 1. The topological polar surface area (TPSA) is 66.1 Å². The molecule has 0 radical (unpaired) electrons. The maximum absolute atomic E-state index is 11.9. The number of H-pyrrole nitrogens is 1. The first-order valence-corrected chi connectivity index (χ1v) is 5.79. The smallest absolute Gasteiger partial charge is 0.260 e. The molecule has 5 nitrogen and oxygen atoms in total. The summed E-state index contributed by atoms with van der Waals surface area (Å²) in [7, 11) is -3.35. The molecule has 0 atom stereocenters. The van der Waals surface area contributed by atoms with Crippen LogP contribution in [0.4, 0.5) is 0 Å².